The van der Waals surface area contributed by atoms with Crippen LogP contribution in [0.5, 0.6) is 0 Å². The number of nitrogens with one attached hydrogen (secondary N) is 1. The fraction of sp³-hybridized carbons (Fsp3) is 0.286. The predicted molar refractivity (Wildman–Crippen MR) is 76.4 cm³/mol. The Hall–Kier alpha value is -2.54. The quantitative estimate of drug-likeness (QED) is 0.846. The molecule has 1 aromatic carbocycles. The highest BCUT2D eigenvalue weighted by molar-refractivity contribution is 6.05. The van der Waals surface area contributed by atoms with Gasteiger partial charge in [0.05, 0.1) is 12.1 Å². The summed E-state index contributed by atoms with van der Waals surface area (Å²) in [6.07, 6.45) is 0.384. The number of hydrazone groups is 1. The average Bonchev–Trinajstić information content (AvgIpc) is 2.42. The van der Waals surface area contributed by atoms with E-state index in [1.165, 1.54) is 6.92 Å². The van der Waals surface area contributed by atoms with Gasteiger partial charge in [0, 0.05) is 18.5 Å². The highest BCUT2D eigenvalue weighted by Gasteiger charge is 2.15. The first-order valence-corrected chi connectivity index (χ1v) is 6.43. The van der Waals surface area contributed by atoms with E-state index in [2.05, 4.69) is 10.4 Å². The lowest BCUT2D eigenvalue weighted by Gasteiger charge is -2.27. The third-order valence-corrected chi connectivity index (χ3v) is 2.91. The van der Waals surface area contributed by atoms with Crippen LogP contribution in [0.25, 0.3) is 0 Å². The van der Waals surface area contributed by atoms with Crippen molar-refractivity contribution in [2.45, 2.75) is 26.2 Å². The maximum Gasteiger partial charge on any atom is 0.232 e. The van der Waals surface area contributed by atoms with Gasteiger partial charge in [-0.1, -0.05) is 12.1 Å². The normalized spacial score (nSPS) is 14.7. The highest BCUT2D eigenvalue weighted by Crippen LogP contribution is 2.17. The van der Waals surface area contributed by atoms with Crippen molar-refractivity contribution >= 4 is 29.0 Å². The summed E-state index contributed by atoms with van der Waals surface area (Å²) in [5.41, 5.74) is 1.80. The molecule has 0 unspecified atom stereocenters. The monoisotopic (exact) mass is 288 g/mol. The third kappa shape index (κ3) is 3.96. The highest BCUT2D eigenvalue weighted by atomic mass is 16.5. The summed E-state index contributed by atoms with van der Waals surface area (Å²) in [7, 11) is 0. The molecule has 1 N–H and O–H groups in total. The number of hydroxylamine groups is 1. The maximum absolute atomic E-state index is 11.4. The Kier molecular flexibility index (Phi) is 4.44. The molecule has 0 radical (unpaired) electrons. The van der Waals surface area contributed by atoms with Crippen molar-refractivity contribution in [2.75, 3.05) is 5.32 Å². The molecule has 7 nitrogen and oxygen atoms in total. The van der Waals surface area contributed by atoms with Gasteiger partial charge < -0.3 is 15.7 Å². The molecule has 0 saturated heterocycles. The number of ketones is 1. The van der Waals surface area contributed by atoms with Crippen LogP contribution in [-0.4, -0.2) is 28.5 Å². The molecule has 0 fully saturated rings. The van der Waals surface area contributed by atoms with Gasteiger partial charge in [0.1, 0.15) is 5.78 Å². The van der Waals surface area contributed by atoms with E-state index in [0.717, 1.165) is 0 Å². The van der Waals surface area contributed by atoms with Crippen molar-refractivity contribution in [1.82, 2.24) is 5.17 Å². The number of carbonyl (C=O) groups is 3. The van der Waals surface area contributed by atoms with Crippen molar-refractivity contribution in [2.24, 2.45) is 5.10 Å². The lowest BCUT2D eigenvalue weighted by atomic mass is 10.0. The van der Waals surface area contributed by atoms with Gasteiger partial charge in [0.25, 0.3) is 0 Å². The smallest absolute Gasteiger partial charge is 0.232 e. The maximum atomic E-state index is 11.4. The van der Waals surface area contributed by atoms with Gasteiger partial charge in [0.15, 0.2) is 0 Å². The Morgan fingerprint density at radius 3 is 2.52 bits per heavy atom. The molecule has 2 amide bonds. The summed E-state index contributed by atoms with van der Waals surface area (Å²) < 4.78 is 0. The minimum absolute atomic E-state index is 0.0986. The molecule has 0 bridgehead atoms. The fourth-order valence-corrected chi connectivity index (χ4v) is 1.92. The lowest BCUT2D eigenvalue weighted by molar-refractivity contribution is -0.129. The number of rotatable bonds is 4. The van der Waals surface area contributed by atoms with Gasteiger partial charge >= 0.3 is 0 Å². The van der Waals surface area contributed by atoms with Gasteiger partial charge in [-0.25, -0.2) is 0 Å². The zero-order valence-corrected chi connectivity index (χ0v) is 11.5. The molecule has 1 aliphatic heterocycles. The summed E-state index contributed by atoms with van der Waals surface area (Å²) in [5.74, 6) is -1.13. The molecule has 0 aliphatic carbocycles. The van der Waals surface area contributed by atoms with E-state index < -0.39 is 5.91 Å². The van der Waals surface area contributed by atoms with Crippen molar-refractivity contribution in [3.8, 4) is 0 Å². The Morgan fingerprint density at radius 2 is 1.95 bits per heavy atom. The molecule has 0 spiro atoms. The second-order valence-corrected chi connectivity index (χ2v) is 4.72. The Labute approximate surface area is 121 Å². The van der Waals surface area contributed by atoms with Crippen molar-refractivity contribution in [1.29, 1.82) is 0 Å². The van der Waals surface area contributed by atoms with Crippen LogP contribution in [0.4, 0.5) is 5.69 Å². The summed E-state index contributed by atoms with van der Waals surface area (Å²) in [4.78, 5) is 33.3. The molecule has 2 rings (SSSR count). The van der Waals surface area contributed by atoms with Crippen LogP contribution in [0, 0.1) is 5.21 Å². The summed E-state index contributed by atoms with van der Waals surface area (Å²) >= 11 is 0. The molecule has 1 heterocycles. The number of carbonyl (C=O) groups excluding carboxylic acids is 3. The fourth-order valence-electron chi connectivity index (χ4n) is 1.92. The van der Waals surface area contributed by atoms with Crippen molar-refractivity contribution in [3.05, 3.63) is 35.0 Å². The Morgan fingerprint density at radius 1 is 1.29 bits per heavy atom. The molecule has 21 heavy (non-hydrogen) atoms. The van der Waals surface area contributed by atoms with E-state index >= 15 is 0 Å². The van der Waals surface area contributed by atoms with Crippen LogP contribution < -0.4 is 5.32 Å². The number of nitrogens with zero attached hydrogens (tertiary/aromatic N) is 2. The third-order valence-electron chi connectivity index (χ3n) is 2.91. The number of Topliss-reactive ketones (excluding diaryl/α,β-unsaturated/α-hetero) is 1. The van der Waals surface area contributed by atoms with Crippen molar-refractivity contribution < 1.29 is 14.4 Å². The molecule has 7 heteroatoms. The predicted octanol–water partition coefficient (Wildman–Crippen LogP) is 1.43. The molecule has 0 atom stereocenters. The van der Waals surface area contributed by atoms with Gasteiger partial charge in [-0.05, 0) is 24.6 Å². The average molecular weight is 288 g/mol. The first kappa shape index (κ1) is 14.9. The van der Waals surface area contributed by atoms with Crippen LogP contribution >= 0.6 is 0 Å². The first-order chi connectivity index (χ1) is 9.95. The first-order valence-electron chi connectivity index (χ1n) is 6.43. The van der Waals surface area contributed by atoms with Gasteiger partial charge in [-0.15, -0.1) is 0 Å². The van der Waals surface area contributed by atoms with Gasteiger partial charge in [-0.3, -0.25) is 14.4 Å². The lowest BCUT2D eigenvalue weighted by Crippen LogP contribution is -2.27. The molecule has 1 aliphatic rings. The van der Waals surface area contributed by atoms with E-state index in [0.29, 0.717) is 23.4 Å². The molecular weight excluding hydrogens is 274 g/mol. The van der Waals surface area contributed by atoms with Crippen LogP contribution in [0.15, 0.2) is 29.4 Å². The molecule has 110 valence electrons. The number of hydrogen-bond donors (Lipinski definition) is 1. The second-order valence-electron chi connectivity index (χ2n) is 4.72. The Balaban J connectivity index is 2.06. The van der Waals surface area contributed by atoms with E-state index in [4.69, 9.17) is 0 Å². The van der Waals surface area contributed by atoms with E-state index in [9.17, 15) is 19.6 Å². The largest absolute Gasteiger partial charge is 0.735 e. The molecule has 0 aromatic heterocycles. The SMILES string of the molecule is CC(=O)CC(=O)Nc1ccc(C2=NN([O-])C(=O)CC2)cc1. The summed E-state index contributed by atoms with van der Waals surface area (Å²) in [5, 5.41) is 17.6. The molecular formula is C14H14N3O4-. The number of amides is 2. The van der Waals surface area contributed by atoms with Crippen LogP contribution in [0.2, 0.25) is 0 Å². The number of hydrogen-bond acceptors (Lipinski definition) is 5. The zero-order chi connectivity index (χ0) is 15.4. The minimum atomic E-state index is -0.549. The van der Waals surface area contributed by atoms with E-state index in [1.807, 2.05) is 0 Å². The summed E-state index contributed by atoms with van der Waals surface area (Å²) in [6.45, 7) is 1.35. The zero-order valence-electron chi connectivity index (χ0n) is 11.5. The van der Waals surface area contributed by atoms with Crippen LogP contribution in [-0.2, 0) is 14.4 Å². The van der Waals surface area contributed by atoms with Crippen LogP contribution in [0.3, 0.4) is 0 Å². The van der Waals surface area contributed by atoms with E-state index in [-0.39, 0.29) is 29.7 Å². The second kappa shape index (κ2) is 6.27. The standard InChI is InChI=1S/C14H14N3O4/c1-9(18)8-13(19)15-11-4-2-10(3-5-11)12-6-7-14(20)17(21)16-12/h2-5H,6-8H2,1H3,(H,15,19)/q-1. The minimum Gasteiger partial charge on any atom is -0.735 e. The number of anilines is 1. The Bertz CT molecular complexity index is 607. The summed E-state index contributed by atoms with van der Waals surface area (Å²) in [6, 6.07) is 6.71. The van der Waals surface area contributed by atoms with Crippen molar-refractivity contribution in [3.63, 3.8) is 0 Å². The van der Waals surface area contributed by atoms with Crippen LogP contribution in [0.1, 0.15) is 31.7 Å². The van der Waals surface area contributed by atoms with Gasteiger partial charge in [0.2, 0.25) is 11.8 Å². The number of benzene rings is 1. The topological polar surface area (TPSA) is 102 Å². The molecule has 1 aromatic rings. The van der Waals surface area contributed by atoms with E-state index in [1.54, 1.807) is 24.3 Å². The molecule has 0 saturated carbocycles. The van der Waals surface area contributed by atoms with Gasteiger partial charge in [-0.2, -0.15) is 5.10 Å².